The Balaban J connectivity index is 1.73. The molecule has 2 unspecified atom stereocenters. The van der Waals surface area contributed by atoms with Crippen molar-refractivity contribution in [2.45, 2.75) is 19.3 Å². The van der Waals surface area contributed by atoms with E-state index in [1.54, 1.807) is 0 Å². The standard InChI is InChI=1S/C11H22N2O2S2/c14-17(15,9-11-2-1-4-12-6-11)13-7-10-3-5-16-8-10/h10-13H,1-9H2. The number of sulfonamides is 1. The lowest BCUT2D eigenvalue weighted by atomic mass is 10.0. The summed E-state index contributed by atoms with van der Waals surface area (Å²) >= 11 is 1.92. The molecule has 0 bridgehead atoms. The van der Waals surface area contributed by atoms with Crippen molar-refractivity contribution in [2.75, 3.05) is 36.9 Å². The predicted molar refractivity (Wildman–Crippen MR) is 72.8 cm³/mol. The van der Waals surface area contributed by atoms with Crippen molar-refractivity contribution in [1.29, 1.82) is 0 Å². The second kappa shape index (κ2) is 6.41. The van der Waals surface area contributed by atoms with Gasteiger partial charge in [-0.25, -0.2) is 13.1 Å². The molecule has 6 heteroatoms. The molecule has 0 aromatic rings. The highest BCUT2D eigenvalue weighted by atomic mass is 32.2. The Hall–Kier alpha value is 0.220. The Morgan fingerprint density at radius 3 is 2.82 bits per heavy atom. The van der Waals surface area contributed by atoms with E-state index >= 15 is 0 Å². The normalized spacial score (nSPS) is 30.6. The van der Waals surface area contributed by atoms with Crippen molar-refractivity contribution in [3.63, 3.8) is 0 Å². The van der Waals surface area contributed by atoms with Crippen molar-refractivity contribution >= 4 is 21.8 Å². The quantitative estimate of drug-likeness (QED) is 0.775. The van der Waals surface area contributed by atoms with Crippen LogP contribution in [-0.2, 0) is 10.0 Å². The van der Waals surface area contributed by atoms with E-state index in [4.69, 9.17) is 0 Å². The molecule has 0 aromatic heterocycles. The summed E-state index contributed by atoms with van der Waals surface area (Å²) < 4.78 is 26.6. The highest BCUT2D eigenvalue weighted by Gasteiger charge is 2.23. The first-order valence-electron chi connectivity index (χ1n) is 6.41. The molecule has 2 N–H and O–H groups in total. The molecular weight excluding hydrogens is 256 g/mol. The number of piperidine rings is 1. The number of hydrogen-bond acceptors (Lipinski definition) is 4. The van der Waals surface area contributed by atoms with Crippen LogP contribution in [0.5, 0.6) is 0 Å². The van der Waals surface area contributed by atoms with Crippen LogP contribution in [0.2, 0.25) is 0 Å². The zero-order valence-electron chi connectivity index (χ0n) is 10.2. The van der Waals surface area contributed by atoms with E-state index in [1.807, 2.05) is 11.8 Å². The Bertz CT molecular complexity index is 320. The Kier molecular flexibility index (Phi) is 5.14. The van der Waals surface area contributed by atoms with Crippen molar-refractivity contribution in [3.8, 4) is 0 Å². The van der Waals surface area contributed by atoms with E-state index in [9.17, 15) is 8.42 Å². The Morgan fingerprint density at radius 2 is 2.18 bits per heavy atom. The number of nitrogens with one attached hydrogen (secondary N) is 2. The van der Waals surface area contributed by atoms with Crippen molar-refractivity contribution in [2.24, 2.45) is 11.8 Å². The van der Waals surface area contributed by atoms with Gasteiger partial charge in [-0.2, -0.15) is 11.8 Å². The van der Waals surface area contributed by atoms with E-state index in [2.05, 4.69) is 10.0 Å². The first kappa shape index (κ1) is 13.6. The maximum absolute atomic E-state index is 11.9. The molecule has 2 atom stereocenters. The lowest BCUT2D eigenvalue weighted by Gasteiger charge is -2.22. The average Bonchev–Trinajstić information content (AvgIpc) is 2.80. The number of hydrogen-bond donors (Lipinski definition) is 2. The summed E-state index contributed by atoms with van der Waals surface area (Å²) in [6, 6.07) is 0. The van der Waals surface area contributed by atoms with Gasteiger partial charge in [-0.15, -0.1) is 0 Å². The third-order valence-electron chi connectivity index (χ3n) is 3.47. The fraction of sp³-hybridized carbons (Fsp3) is 1.00. The minimum atomic E-state index is -3.07. The minimum Gasteiger partial charge on any atom is -0.316 e. The molecule has 0 aliphatic carbocycles. The van der Waals surface area contributed by atoms with Crippen molar-refractivity contribution in [1.82, 2.24) is 10.0 Å². The largest absolute Gasteiger partial charge is 0.316 e. The van der Waals surface area contributed by atoms with Gasteiger partial charge >= 0.3 is 0 Å². The Morgan fingerprint density at radius 1 is 1.29 bits per heavy atom. The highest BCUT2D eigenvalue weighted by molar-refractivity contribution is 7.99. The summed E-state index contributed by atoms with van der Waals surface area (Å²) in [5.74, 6) is 3.41. The lowest BCUT2D eigenvalue weighted by Crippen LogP contribution is -2.39. The zero-order chi connectivity index (χ0) is 12.1. The van der Waals surface area contributed by atoms with Gasteiger partial charge in [0.25, 0.3) is 0 Å². The fourth-order valence-electron chi connectivity index (χ4n) is 2.42. The molecule has 4 nitrogen and oxygen atoms in total. The van der Waals surface area contributed by atoms with Crippen LogP contribution in [0.4, 0.5) is 0 Å². The molecule has 0 aromatic carbocycles. The third-order valence-corrected chi connectivity index (χ3v) is 6.22. The van der Waals surface area contributed by atoms with Crippen LogP contribution in [-0.4, -0.2) is 45.3 Å². The van der Waals surface area contributed by atoms with Gasteiger partial charge in [-0.05, 0) is 55.7 Å². The maximum atomic E-state index is 11.9. The molecule has 2 heterocycles. The molecule has 17 heavy (non-hydrogen) atoms. The summed E-state index contributed by atoms with van der Waals surface area (Å²) in [4.78, 5) is 0. The first-order chi connectivity index (χ1) is 8.16. The molecule has 2 fully saturated rings. The van der Waals surface area contributed by atoms with E-state index < -0.39 is 10.0 Å². The monoisotopic (exact) mass is 278 g/mol. The molecule has 2 aliphatic rings. The van der Waals surface area contributed by atoms with Crippen molar-refractivity contribution < 1.29 is 8.42 Å². The first-order valence-corrected chi connectivity index (χ1v) is 9.22. The van der Waals surface area contributed by atoms with E-state index in [0.717, 1.165) is 38.1 Å². The Labute approximate surface area is 108 Å². The topological polar surface area (TPSA) is 58.2 Å². The molecule has 2 saturated heterocycles. The third kappa shape index (κ3) is 4.77. The van der Waals surface area contributed by atoms with Gasteiger partial charge in [-0.1, -0.05) is 0 Å². The van der Waals surface area contributed by atoms with Gasteiger partial charge in [0.2, 0.25) is 10.0 Å². The summed E-state index contributed by atoms with van der Waals surface area (Å²) in [5.41, 5.74) is 0. The van der Waals surface area contributed by atoms with Crippen LogP contribution in [0.15, 0.2) is 0 Å². The molecule has 2 aliphatic heterocycles. The van der Waals surface area contributed by atoms with Gasteiger partial charge in [-0.3, -0.25) is 0 Å². The van der Waals surface area contributed by atoms with Gasteiger partial charge in [0, 0.05) is 6.54 Å². The molecule has 0 spiro atoms. The lowest BCUT2D eigenvalue weighted by molar-refractivity contribution is 0.402. The number of rotatable bonds is 5. The molecule has 0 radical (unpaired) electrons. The summed E-state index contributed by atoms with van der Waals surface area (Å²) in [7, 11) is -3.07. The van der Waals surface area contributed by atoms with Gasteiger partial charge < -0.3 is 5.32 Å². The highest BCUT2D eigenvalue weighted by Crippen LogP contribution is 2.22. The molecule has 2 rings (SSSR count). The van der Waals surface area contributed by atoms with E-state index in [-0.39, 0.29) is 0 Å². The second-order valence-corrected chi connectivity index (χ2v) is 8.07. The minimum absolute atomic E-state index is 0.291. The van der Waals surface area contributed by atoms with E-state index in [0.29, 0.717) is 24.1 Å². The van der Waals surface area contributed by atoms with Gasteiger partial charge in [0.1, 0.15) is 0 Å². The summed E-state index contributed by atoms with van der Waals surface area (Å²) in [6.45, 7) is 2.51. The molecule has 0 saturated carbocycles. The zero-order valence-corrected chi connectivity index (χ0v) is 11.8. The van der Waals surface area contributed by atoms with Crippen LogP contribution in [0.1, 0.15) is 19.3 Å². The molecule has 0 amide bonds. The van der Waals surface area contributed by atoms with Crippen LogP contribution < -0.4 is 10.0 Å². The van der Waals surface area contributed by atoms with Crippen molar-refractivity contribution in [3.05, 3.63) is 0 Å². The van der Waals surface area contributed by atoms with Crippen LogP contribution in [0.25, 0.3) is 0 Å². The summed E-state index contributed by atoms with van der Waals surface area (Å²) in [6.07, 6.45) is 3.28. The van der Waals surface area contributed by atoms with Gasteiger partial charge in [0.05, 0.1) is 5.75 Å². The molecular formula is C11H22N2O2S2. The average molecular weight is 278 g/mol. The predicted octanol–water partition coefficient (Wildman–Crippen LogP) is 0.659. The maximum Gasteiger partial charge on any atom is 0.211 e. The van der Waals surface area contributed by atoms with Crippen LogP contribution in [0, 0.1) is 11.8 Å². The van der Waals surface area contributed by atoms with Gasteiger partial charge in [0.15, 0.2) is 0 Å². The number of thioether (sulfide) groups is 1. The fourth-order valence-corrected chi connectivity index (χ4v) is 5.22. The van der Waals surface area contributed by atoms with Crippen LogP contribution in [0.3, 0.4) is 0 Å². The van der Waals surface area contributed by atoms with E-state index in [1.165, 1.54) is 5.75 Å². The smallest absolute Gasteiger partial charge is 0.211 e. The van der Waals surface area contributed by atoms with Crippen LogP contribution >= 0.6 is 11.8 Å². The molecule has 100 valence electrons. The SMILES string of the molecule is O=S(=O)(CC1CCCNC1)NCC1CCSC1. The summed E-state index contributed by atoms with van der Waals surface area (Å²) in [5, 5.41) is 3.26. The second-order valence-electron chi connectivity index (χ2n) is 5.07.